The van der Waals surface area contributed by atoms with Crippen LogP contribution in [0.4, 0.5) is 0 Å². The van der Waals surface area contributed by atoms with Gasteiger partial charge in [0.25, 0.3) is 0 Å². The second-order valence-electron chi connectivity index (χ2n) is 4.50. The third-order valence-corrected chi connectivity index (χ3v) is 3.22. The van der Waals surface area contributed by atoms with Gasteiger partial charge in [-0.2, -0.15) is 0 Å². The normalized spacial score (nSPS) is 18.8. The lowest BCUT2D eigenvalue weighted by Gasteiger charge is -2.22. The average Bonchev–Trinajstić information content (AvgIpc) is 2.83. The summed E-state index contributed by atoms with van der Waals surface area (Å²) in [5, 5.41) is 3.22. The van der Waals surface area contributed by atoms with Crippen molar-refractivity contribution in [1.29, 1.82) is 0 Å². The maximum Gasteiger partial charge on any atom is 0.0952 e. The maximum absolute atomic E-state index is 6.18. The van der Waals surface area contributed by atoms with Gasteiger partial charge in [0, 0.05) is 6.54 Å². The van der Waals surface area contributed by atoms with Crippen molar-refractivity contribution in [2.45, 2.75) is 37.9 Å². The lowest BCUT2D eigenvalue weighted by atomic mass is 10.1. The number of rotatable bonds is 5. The quantitative estimate of drug-likeness (QED) is 0.822. The fourth-order valence-electron chi connectivity index (χ4n) is 2.35. The Hall–Kier alpha value is -0.860. The Morgan fingerprint density at radius 3 is 2.56 bits per heavy atom. The van der Waals surface area contributed by atoms with Crippen molar-refractivity contribution in [2.24, 2.45) is 0 Å². The molecule has 1 fully saturated rings. The van der Waals surface area contributed by atoms with E-state index in [0.29, 0.717) is 6.10 Å². The van der Waals surface area contributed by atoms with Crippen LogP contribution in [0.3, 0.4) is 0 Å². The van der Waals surface area contributed by atoms with Crippen LogP contribution in [-0.2, 0) is 4.74 Å². The molecule has 1 N–H and O–H groups in total. The Labute approximate surface area is 98.0 Å². The zero-order valence-electron chi connectivity index (χ0n) is 9.99. The predicted octanol–water partition coefficient (Wildman–Crippen LogP) is 2.91. The van der Waals surface area contributed by atoms with Crippen LogP contribution in [0.5, 0.6) is 0 Å². The SMILES string of the molecule is CNCC(OC1CCCC1)c1ccccc1. The molecule has 1 aromatic carbocycles. The molecule has 1 saturated carbocycles. The van der Waals surface area contributed by atoms with Gasteiger partial charge in [-0.1, -0.05) is 43.2 Å². The van der Waals surface area contributed by atoms with Gasteiger partial charge in [-0.3, -0.25) is 0 Å². The highest BCUT2D eigenvalue weighted by Crippen LogP contribution is 2.27. The third-order valence-electron chi connectivity index (χ3n) is 3.22. The van der Waals surface area contributed by atoms with E-state index in [1.54, 1.807) is 0 Å². The lowest BCUT2D eigenvalue weighted by Crippen LogP contribution is -2.23. The molecule has 0 amide bonds. The molecule has 1 aliphatic rings. The van der Waals surface area contributed by atoms with Gasteiger partial charge < -0.3 is 10.1 Å². The Kier molecular flexibility index (Phi) is 4.37. The summed E-state index contributed by atoms with van der Waals surface area (Å²) in [4.78, 5) is 0. The van der Waals surface area contributed by atoms with Gasteiger partial charge in [-0.25, -0.2) is 0 Å². The van der Waals surface area contributed by atoms with Gasteiger partial charge in [0.15, 0.2) is 0 Å². The zero-order chi connectivity index (χ0) is 11.2. The molecule has 1 aliphatic carbocycles. The van der Waals surface area contributed by atoms with E-state index in [9.17, 15) is 0 Å². The van der Waals surface area contributed by atoms with E-state index in [1.165, 1.54) is 31.2 Å². The van der Waals surface area contributed by atoms with E-state index in [4.69, 9.17) is 4.74 Å². The molecule has 0 aliphatic heterocycles. The van der Waals surface area contributed by atoms with Gasteiger partial charge in [0.1, 0.15) is 0 Å². The maximum atomic E-state index is 6.18. The smallest absolute Gasteiger partial charge is 0.0952 e. The minimum absolute atomic E-state index is 0.203. The second kappa shape index (κ2) is 6.02. The fourth-order valence-corrected chi connectivity index (χ4v) is 2.35. The summed E-state index contributed by atoms with van der Waals surface area (Å²) < 4.78 is 6.18. The number of benzene rings is 1. The highest BCUT2D eigenvalue weighted by molar-refractivity contribution is 5.18. The second-order valence-corrected chi connectivity index (χ2v) is 4.50. The molecule has 0 spiro atoms. The standard InChI is InChI=1S/C14H21NO/c1-15-11-14(12-7-3-2-4-8-12)16-13-9-5-6-10-13/h2-4,7-8,13-15H,5-6,9-11H2,1H3. The van der Waals surface area contributed by atoms with Gasteiger partial charge in [0.2, 0.25) is 0 Å². The van der Waals surface area contributed by atoms with Gasteiger partial charge in [-0.05, 0) is 25.5 Å². The molecule has 0 saturated heterocycles. The molecule has 2 rings (SSSR count). The van der Waals surface area contributed by atoms with Crippen molar-refractivity contribution in [2.75, 3.05) is 13.6 Å². The van der Waals surface area contributed by atoms with Crippen LogP contribution >= 0.6 is 0 Å². The molecule has 1 atom stereocenters. The number of nitrogens with one attached hydrogen (secondary N) is 1. The Morgan fingerprint density at radius 2 is 1.94 bits per heavy atom. The van der Waals surface area contributed by atoms with Crippen LogP contribution in [0.1, 0.15) is 37.4 Å². The summed E-state index contributed by atoms with van der Waals surface area (Å²) in [6, 6.07) is 10.5. The van der Waals surface area contributed by atoms with Crippen LogP contribution in [-0.4, -0.2) is 19.7 Å². The highest BCUT2D eigenvalue weighted by atomic mass is 16.5. The minimum Gasteiger partial charge on any atom is -0.369 e. The predicted molar refractivity (Wildman–Crippen MR) is 66.5 cm³/mol. The van der Waals surface area contributed by atoms with Crippen LogP contribution in [0.25, 0.3) is 0 Å². The van der Waals surface area contributed by atoms with E-state index in [1.807, 2.05) is 7.05 Å². The van der Waals surface area contributed by atoms with E-state index < -0.39 is 0 Å². The van der Waals surface area contributed by atoms with Crippen molar-refractivity contribution < 1.29 is 4.74 Å². The monoisotopic (exact) mass is 219 g/mol. The van der Waals surface area contributed by atoms with E-state index in [-0.39, 0.29) is 6.10 Å². The van der Waals surface area contributed by atoms with Gasteiger partial charge >= 0.3 is 0 Å². The molecular weight excluding hydrogens is 198 g/mol. The first-order chi connectivity index (χ1) is 7.90. The zero-order valence-corrected chi connectivity index (χ0v) is 9.99. The number of ether oxygens (including phenoxy) is 1. The summed E-state index contributed by atoms with van der Waals surface area (Å²) in [5.74, 6) is 0. The summed E-state index contributed by atoms with van der Waals surface area (Å²) >= 11 is 0. The first-order valence-electron chi connectivity index (χ1n) is 6.25. The molecule has 1 unspecified atom stereocenters. The molecule has 0 bridgehead atoms. The number of likely N-dealkylation sites (N-methyl/N-ethyl adjacent to an activating group) is 1. The molecule has 88 valence electrons. The summed E-state index contributed by atoms with van der Waals surface area (Å²) in [6.45, 7) is 0.889. The van der Waals surface area contributed by atoms with Crippen molar-refractivity contribution in [1.82, 2.24) is 5.32 Å². The minimum atomic E-state index is 0.203. The molecule has 16 heavy (non-hydrogen) atoms. The Bertz CT molecular complexity index is 293. The highest BCUT2D eigenvalue weighted by Gasteiger charge is 2.20. The van der Waals surface area contributed by atoms with Gasteiger partial charge in [-0.15, -0.1) is 0 Å². The fraction of sp³-hybridized carbons (Fsp3) is 0.571. The number of hydrogen-bond donors (Lipinski definition) is 1. The topological polar surface area (TPSA) is 21.3 Å². The molecular formula is C14H21NO. The average molecular weight is 219 g/mol. The molecule has 0 radical (unpaired) electrons. The lowest BCUT2D eigenvalue weighted by molar-refractivity contribution is -0.00784. The van der Waals surface area contributed by atoms with Crippen molar-refractivity contribution in [3.63, 3.8) is 0 Å². The van der Waals surface area contributed by atoms with Crippen LogP contribution in [0.15, 0.2) is 30.3 Å². The first-order valence-corrected chi connectivity index (χ1v) is 6.25. The van der Waals surface area contributed by atoms with Crippen molar-refractivity contribution >= 4 is 0 Å². The van der Waals surface area contributed by atoms with Crippen LogP contribution in [0, 0.1) is 0 Å². The van der Waals surface area contributed by atoms with E-state index >= 15 is 0 Å². The van der Waals surface area contributed by atoms with E-state index in [0.717, 1.165) is 6.54 Å². The Morgan fingerprint density at radius 1 is 1.25 bits per heavy atom. The van der Waals surface area contributed by atoms with Crippen LogP contribution in [0.2, 0.25) is 0 Å². The number of hydrogen-bond acceptors (Lipinski definition) is 2. The van der Waals surface area contributed by atoms with Crippen LogP contribution < -0.4 is 5.32 Å². The molecule has 0 heterocycles. The molecule has 0 aromatic heterocycles. The summed E-state index contributed by atoms with van der Waals surface area (Å²) in [5.41, 5.74) is 1.28. The Balaban J connectivity index is 1.99. The van der Waals surface area contributed by atoms with Crippen molar-refractivity contribution in [3.8, 4) is 0 Å². The molecule has 2 heteroatoms. The van der Waals surface area contributed by atoms with Gasteiger partial charge in [0.05, 0.1) is 12.2 Å². The summed E-state index contributed by atoms with van der Waals surface area (Å²) in [7, 11) is 1.98. The first kappa shape index (κ1) is 11.6. The largest absolute Gasteiger partial charge is 0.369 e. The molecule has 1 aromatic rings. The molecule has 2 nitrogen and oxygen atoms in total. The van der Waals surface area contributed by atoms with E-state index in [2.05, 4.69) is 35.6 Å². The summed E-state index contributed by atoms with van der Waals surface area (Å²) in [6.07, 6.45) is 5.78. The third kappa shape index (κ3) is 3.06. The van der Waals surface area contributed by atoms with Crippen molar-refractivity contribution in [3.05, 3.63) is 35.9 Å².